The molecule has 1 aromatic carbocycles. The zero-order valence-electron chi connectivity index (χ0n) is 14.9. The molecule has 0 unspecified atom stereocenters. The number of benzene rings is 1. The summed E-state index contributed by atoms with van der Waals surface area (Å²) in [4.78, 5) is 4.52. The van der Waals surface area contributed by atoms with Crippen LogP contribution in [0, 0.1) is 11.6 Å². The second-order valence-corrected chi connectivity index (χ2v) is 8.23. The summed E-state index contributed by atoms with van der Waals surface area (Å²) < 4.78 is 34.5. The molecular formula is C19H24BrF2N3O. The summed E-state index contributed by atoms with van der Waals surface area (Å²) >= 11 is 3.18. The molecule has 0 bridgehead atoms. The number of fused-ring (bicyclic) bond motifs is 1. The van der Waals surface area contributed by atoms with Crippen LogP contribution in [0.2, 0.25) is 0 Å². The van der Waals surface area contributed by atoms with E-state index >= 15 is 0 Å². The van der Waals surface area contributed by atoms with E-state index in [2.05, 4.69) is 38.1 Å². The Kier molecular flexibility index (Phi) is 5.21. The van der Waals surface area contributed by atoms with Gasteiger partial charge in [0.2, 0.25) is 0 Å². The van der Waals surface area contributed by atoms with Crippen LogP contribution in [-0.2, 0) is 4.74 Å². The van der Waals surface area contributed by atoms with Gasteiger partial charge in [-0.3, -0.25) is 0 Å². The maximum absolute atomic E-state index is 14.5. The lowest BCUT2D eigenvalue weighted by atomic mass is 9.95. The number of nitrogens with zero attached hydrogens (tertiary/aromatic N) is 2. The zero-order valence-corrected chi connectivity index (χ0v) is 16.5. The van der Waals surface area contributed by atoms with Crippen molar-refractivity contribution in [2.24, 2.45) is 0 Å². The van der Waals surface area contributed by atoms with E-state index in [1.807, 2.05) is 0 Å². The Morgan fingerprint density at radius 1 is 1.35 bits per heavy atom. The van der Waals surface area contributed by atoms with Gasteiger partial charge in [-0.2, -0.15) is 0 Å². The highest BCUT2D eigenvalue weighted by atomic mass is 79.9. The predicted molar refractivity (Wildman–Crippen MR) is 99.6 cm³/mol. The molecule has 3 aliphatic heterocycles. The molecule has 4 rings (SSSR count). The lowest BCUT2D eigenvalue weighted by molar-refractivity contribution is 0.190. The molecule has 3 heterocycles. The molecule has 2 atom stereocenters. The molecule has 26 heavy (non-hydrogen) atoms. The minimum atomic E-state index is -0.463. The standard InChI is InChI=1S/C19H24BrF2N3O/c1-24-11-25-9-12(18-15(21)3-2-14(20)19(18)22)8-17(25)16(24)4-6-23-13-5-7-26-10-13/h2-3,12-13,23H,4-11H2,1H3/t12-,13-/m1/s1. The number of rotatable bonds is 5. The minimum absolute atomic E-state index is 0.137. The van der Waals surface area contributed by atoms with E-state index in [9.17, 15) is 8.78 Å². The Hall–Kier alpha value is -1.18. The first-order valence-corrected chi connectivity index (χ1v) is 9.96. The van der Waals surface area contributed by atoms with Crippen molar-refractivity contribution in [2.75, 3.05) is 40.0 Å². The third kappa shape index (κ3) is 3.37. The van der Waals surface area contributed by atoms with Crippen molar-refractivity contribution in [2.45, 2.75) is 31.2 Å². The van der Waals surface area contributed by atoms with Gasteiger partial charge in [0.1, 0.15) is 11.6 Å². The molecule has 2 fully saturated rings. The summed E-state index contributed by atoms with van der Waals surface area (Å²) in [5.41, 5.74) is 2.74. The minimum Gasteiger partial charge on any atom is -0.380 e. The largest absolute Gasteiger partial charge is 0.380 e. The zero-order chi connectivity index (χ0) is 18.3. The molecular weight excluding hydrogens is 404 g/mol. The third-order valence-corrected chi connectivity index (χ3v) is 6.26. The van der Waals surface area contributed by atoms with Gasteiger partial charge in [0.05, 0.1) is 17.7 Å². The van der Waals surface area contributed by atoms with Gasteiger partial charge in [0.15, 0.2) is 0 Å². The molecule has 0 aliphatic carbocycles. The van der Waals surface area contributed by atoms with Gasteiger partial charge in [0, 0.05) is 62.1 Å². The van der Waals surface area contributed by atoms with Gasteiger partial charge in [0.25, 0.3) is 0 Å². The summed E-state index contributed by atoms with van der Waals surface area (Å²) in [6, 6.07) is 3.23. The normalized spacial score (nSPS) is 25.5. The van der Waals surface area contributed by atoms with Crippen LogP contribution in [0.3, 0.4) is 0 Å². The summed E-state index contributed by atoms with van der Waals surface area (Å²) in [5.74, 6) is -1.05. The van der Waals surface area contributed by atoms with Gasteiger partial charge in [-0.05, 0) is 40.9 Å². The monoisotopic (exact) mass is 427 g/mol. The fraction of sp³-hybridized carbons (Fsp3) is 0.579. The lowest BCUT2D eigenvalue weighted by Crippen LogP contribution is -2.31. The highest BCUT2D eigenvalue weighted by Gasteiger charge is 2.38. The molecule has 0 aromatic heterocycles. The van der Waals surface area contributed by atoms with Crippen LogP contribution in [0.15, 0.2) is 28.0 Å². The van der Waals surface area contributed by atoms with E-state index in [4.69, 9.17) is 4.74 Å². The van der Waals surface area contributed by atoms with Crippen LogP contribution < -0.4 is 5.32 Å². The van der Waals surface area contributed by atoms with E-state index in [0.717, 1.165) is 39.3 Å². The van der Waals surface area contributed by atoms with Crippen molar-refractivity contribution in [1.82, 2.24) is 15.1 Å². The lowest BCUT2D eigenvalue weighted by Gasteiger charge is -2.21. The summed E-state index contributed by atoms with van der Waals surface area (Å²) in [6.45, 7) is 3.99. The van der Waals surface area contributed by atoms with Gasteiger partial charge < -0.3 is 19.9 Å². The van der Waals surface area contributed by atoms with Crippen LogP contribution in [0.4, 0.5) is 8.78 Å². The summed E-state index contributed by atoms with van der Waals surface area (Å²) in [7, 11) is 2.09. The number of nitrogens with one attached hydrogen (secondary N) is 1. The number of halogens is 3. The third-order valence-electron chi connectivity index (χ3n) is 5.65. The molecule has 1 aromatic rings. The van der Waals surface area contributed by atoms with Crippen molar-refractivity contribution in [3.05, 3.63) is 45.2 Å². The first-order valence-electron chi connectivity index (χ1n) is 9.17. The predicted octanol–water partition coefficient (Wildman–Crippen LogP) is 3.40. The number of allylic oxidation sites excluding steroid dienone is 1. The highest BCUT2D eigenvalue weighted by Crippen LogP contribution is 2.42. The van der Waals surface area contributed by atoms with Crippen molar-refractivity contribution in [1.29, 1.82) is 0 Å². The van der Waals surface area contributed by atoms with E-state index in [1.165, 1.54) is 23.5 Å². The SMILES string of the molecule is CN1CN2C[C@H](c3c(F)ccc(Br)c3F)CC2=C1CCN[C@@H]1CCOC1. The number of ether oxygens (including phenoxy) is 1. The molecule has 0 amide bonds. The smallest absolute Gasteiger partial charge is 0.143 e. The molecule has 142 valence electrons. The molecule has 7 heteroatoms. The van der Waals surface area contributed by atoms with Crippen LogP contribution >= 0.6 is 15.9 Å². The Balaban J connectivity index is 1.48. The fourth-order valence-electron chi connectivity index (χ4n) is 4.34. The first-order chi connectivity index (χ1) is 12.5. The Bertz CT molecular complexity index is 721. The van der Waals surface area contributed by atoms with Crippen LogP contribution in [0.5, 0.6) is 0 Å². The molecule has 1 N–H and O–H groups in total. The maximum Gasteiger partial charge on any atom is 0.143 e. The van der Waals surface area contributed by atoms with E-state index < -0.39 is 11.6 Å². The van der Waals surface area contributed by atoms with Gasteiger partial charge in [-0.15, -0.1) is 0 Å². The average Bonchev–Trinajstić information content (AvgIpc) is 3.30. The second kappa shape index (κ2) is 7.44. The van der Waals surface area contributed by atoms with Crippen molar-refractivity contribution in [3.8, 4) is 0 Å². The number of hydrogen-bond donors (Lipinski definition) is 1. The molecule has 3 aliphatic rings. The van der Waals surface area contributed by atoms with E-state index in [-0.39, 0.29) is 11.5 Å². The Morgan fingerprint density at radius 2 is 2.19 bits per heavy atom. The molecule has 0 spiro atoms. The van der Waals surface area contributed by atoms with Gasteiger partial charge in [-0.1, -0.05) is 0 Å². The highest BCUT2D eigenvalue weighted by molar-refractivity contribution is 9.10. The molecule has 0 radical (unpaired) electrons. The first kappa shape index (κ1) is 18.2. The van der Waals surface area contributed by atoms with Gasteiger partial charge in [-0.25, -0.2) is 8.78 Å². The van der Waals surface area contributed by atoms with Crippen LogP contribution in [0.25, 0.3) is 0 Å². The molecule has 2 saturated heterocycles. The van der Waals surface area contributed by atoms with E-state index in [0.29, 0.717) is 23.5 Å². The summed E-state index contributed by atoms with van der Waals surface area (Å²) in [5, 5.41) is 3.55. The summed E-state index contributed by atoms with van der Waals surface area (Å²) in [6.07, 6.45) is 2.68. The molecule has 4 nitrogen and oxygen atoms in total. The Labute approximate surface area is 161 Å². The molecule has 0 saturated carbocycles. The topological polar surface area (TPSA) is 27.7 Å². The van der Waals surface area contributed by atoms with E-state index in [1.54, 1.807) is 0 Å². The maximum atomic E-state index is 14.5. The van der Waals surface area contributed by atoms with Crippen LogP contribution in [0.1, 0.15) is 30.7 Å². The van der Waals surface area contributed by atoms with Crippen molar-refractivity contribution in [3.63, 3.8) is 0 Å². The quantitative estimate of drug-likeness (QED) is 0.728. The van der Waals surface area contributed by atoms with Crippen molar-refractivity contribution < 1.29 is 13.5 Å². The second-order valence-electron chi connectivity index (χ2n) is 7.38. The van der Waals surface area contributed by atoms with Crippen LogP contribution in [-0.4, -0.2) is 55.9 Å². The van der Waals surface area contributed by atoms with Gasteiger partial charge >= 0.3 is 0 Å². The number of hydrogen-bond acceptors (Lipinski definition) is 4. The average molecular weight is 428 g/mol. The fourth-order valence-corrected chi connectivity index (χ4v) is 4.69. The Morgan fingerprint density at radius 3 is 2.96 bits per heavy atom. The van der Waals surface area contributed by atoms with Crippen molar-refractivity contribution >= 4 is 15.9 Å².